The minimum atomic E-state index is -0.344. The van der Waals surface area contributed by atoms with E-state index in [9.17, 15) is 9.59 Å². The second-order valence-electron chi connectivity index (χ2n) is 4.99. The summed E-state index contributed by atoms with van der Waals surface area (Å²) in [5, 5.41) is 2.70. The predicted molar refractivity (Wildman–Crippen MR) is 89.2 cm³/mol. The number of carbonyl (C=O) groups is 2. The lowest BCUT2D eigenvalue weighted by atomic mass is 10.1. The van der Waals surface area contributed by atoms with Crippen molar-refractivity contribution in [1.82, 2.24) is 5.32 Å². The van der Waals surface area contributed by atoms with E-state index in [1.807, 2.05) is 36.4 Å². The zero-order chi connectivity index (χ0) is 16.5. The van der Waals surface area contributed by atoms with Gasteiger partial charge in [0.1, 0.15) is 6.61 Å². The summed E-state index contributed by atoms with van der Waals surface area (Å²) < 4.78 is 5.14. The Morgan fingerprint density at radius 3 is 2.48 bits per heavy atom. The Balaban J connectivity index is 1.71. The Morgan fingerprint density at radius 1 is 1.00 bits per heavy atom. The average Bonchev–Trinajstić information content (AvgIpc) is 2.60. The SMILES string of the molecule is O=C(CCNC(=O)c1cccc(CCl)c1)OCc1ccccc1. The van der Waals surface area contributed by atoms with Gasteiger partial charge >= 0.3 is 5.97 Å². The fraction of sp³-hybridized carbons (Fsp3) is 0.222. The fourth-order valence-electron chi connectivity index (χ4n) is 1.99. The van der Waals surface area contributed by atoms with E-state index in [0.717, 1.165) is 11.1 Å². The van der Waals surface area contributed by atoms with Crippen molar-refractivity contribution < 1.29 is 14.3 Å². The third-order valence-corrected chi connectivity index (χ3v) is 3.51. The summed E-state index contributed by atoms with van der Waals surface area (Å²) >= 11 is 5.74. The van der Waals surface area contributed by atoms with E-state index in [0.29, 0.717) is 11.4 Å². The highest BCUT2D eigenvalue weighted by Gasteiger charge is 2.08. The molecule has 120 valence electrons. The number of rotatable bonds is 7. The summed E-state index contributed by atoms with van der Waals surface area (Å²) in [5.41, 5.74) is 2.34. The first kappa shape index (κ1) is 17.0. The molecule has 23 heavy (non-hydrogen) atoms. The molecule has 1 amide bonds. The number of halogens is 1. The Hall–Kier alpha value is -2.33. The smallest absolute Gasteiger partial charge is 0.307 e. The molecular formula is C18H18ClNO3. The largest absolute Gasteiger partial charge is 0.461 e. The lowest BCUT2D eigenvalue weighted by Gasteiger charge is -2.07. The van der Waals surface area contributed by atoms with Crippen LogP contribution in [0.25, 0.3) is 0 Å². The van der Waals surface area contributed by atoms with E-state index < -0.39 is 0 Å². The van der Waals surface area contributed by atoms with Crippen molar-refractivity contribution in [3.8, 4) is 0 Å². The molecule has 0 unspecified atom stereocenters. The molecule has 0 aliphatic rings. The summed E-state index contributed by atoms with van der Waals surface area (Å²) in [6.07, 6.45) is 0.133. The number of hydrogen-bond acceptors (Lipinski definition) is 3. The molecule has 0 radical (unpaired) electrons. The Morgan fingerprint density at radius 2 is 1.74 bits per heavy atom. The maximum absolute atomic E-state index is 12.0. The molecule has 0 aromatic heterocycles. The van der Waals surface area contributed by atoms with Crippen molar-refractivity contribution in [1.29, 1.82) is 0 Å². The van der Waals surface area contributed by atoms with Crippen LogP contribution >= 0.6 is 11.6 Å². The Bertz CT molecular complexity index is 658. The standard InChI is InChI=1S/C18H18ClNO3/c19-12-15-7-4-8-16(11-15)18(22)20-10-9-17(21)23-13-14-5-2-1-3-6-14/h1-8,11H,9-10,12-13H2,(H,20,22). The van der Waals surface area contributed by atoms with Crippen molar-refractivity contribution in [2.45, 2.75) is 18.9 Å². The van der Waals surface area contributed by atoms with E-state index in [2.05, 4.69) is 5.32 Å². The molecule has 4 nitrogen and oxygen atoms in total. The van der Waals surface area contributed by atoms with Crippen LogP contribution in [-0.2, 0) is 22.0 Å². The van der Waals surface area contributed by atoms with Crippen LogP contribution in [0.2, 0.25) is 0 Å². The molecule has 0 aliphatic carbocycles. The molecule has 0 saturated carbocycles. The van der Waals surface area contributed by atoms with Crippen molar-refractivity contribution in [2.75, 3.05) is 6.54 Å². The Kier molecular flexibility index (Phi) is 6.63. The number of alkyl halides is 1. The molecule has 2 aromatic rings. The quantitative estimate of drug-likeness (QED) is 0.625. The highest BCUT2D eigenvalue weighted by molar-refractivity contribution is 6.17. The second-order valence-corrected chi connectivity index (χ2v) is 5.25. The van der Waals surface area contributed by atoms with Crippen molar-refractivity contribution in [2.24, 2.45) is 0 Å². The van der Waals surface area contributed by atoms with Gasteiger partial charge in [0, 0.05) is 18.0 Å². The number of hydrogen-bond donors (Lipinski definition) is 1. The maximum Gasteiger partial charge on any atom is 0.307 e. The van der Waals surface area contributed by atoms with Gasteiger partial charge in [-0.1, -0.05) is 42.5 Å². The number of ether oxygens (including phenoxy) is 1. The van der Waals surface area contributed by atoms with Crippen LogP contribution in [-0.4, -0.2) is 18.4 Å². The van der Waals surface area contributed by atoms with Gasteiger partial charge in [-0.3, -0.25) is 9.59 Å². The van der Waals surface area contributed by atoms with Gasteiger partial charge < -0.3 is 10.1 Å². The van der Waals surface area contributed by atoms with E-state index >= 15 is 0 Å². The van der Waals surface area contributed by atoms with Crippen LogP contribution in [0.4, 0.5) is 0 Å². The number of amides is 1. The fourth-order valence-corrected chi connectivity index (χ4v) is 2.15. The summed E-state index contributed by atoms with van der Waals surface area (Å²) in [4.78, 5) is 23.6. The van der Waals surface area contributed by atoms with Crippen molar-refractivity contribution in [3.63, 3.8) is 0 Å². The third-order valence-electron chi connectivity index (χ3n) is 3.20. The normalized spacial score (nSPS) is 10.1. The Labute approximate surface area is 140 Å². The van der Waals surface area contributed by atoms with E-state index in [4.69, 9.17) is 16.3 Å². The molecule has 0 aliphatic heterocycles. The van der Waals surface area contributed by atoms with E-state index in [1.54, 1.807) is 18.2 Å². The van der Waals surface area contributed by atoms with E-state index in [-0.39, 0.29) is 31.4 Å². The monoisotopic (exact) mass is 331 g/mol. The van der Waals surface area contributed by atoms with Gasteiger partial charge in [-0.05, 0) is 23.3 Å². The topological polar surface area (TPSA) is 55.4 Å². The van der Waals surface area contributed by atoms with Gasteiger partial charge in [-0.2, -0.15) is 0 Å². The second kappa shape index (κ2) is 8.96. The van der Waals surface area contributed by atoms with Gasteiger partial charge in [-0.15, -0.1) is 11.6 Å². The van der Waals surface area contributed by atoms with Crippen LogP contribution in [0, 0.1) is 0 Å². The zero-order valence-electron chi connectivity index (χ0n) is 12.6. The first-order valence-corrected chi connectivity index (χ1v) is 7.85. The number of benzene rings is 2. The molecule has 1 N–H and O–H groups in total. The van der Waals surface area contributed by atoms with E-state index in [1.165, 1.54) is 0 Å². The minimum absolute atomic E-state index is 0.133. The van der Waals surface area contributed by atoms with Gasteiger partial charge in [0.25, 0.3) is 5.91 Å². The van der Waals surface area contributed by atoms with Gasteiger partial charge in [-0.25, -0.2) is 0 Å². The molecule has 0 saturated heterocycles. The molecule has 0 bridgehead atoms. The van der Waals surface area contributed by atoms with Crippen molar-refractivity contribution >= 4 is 23.5 Å². The lowest BCUT2D eigenvalue weighted by Crippen LogP contribution is -2.26. The van der Waals surface area contributed by atoms with Crippen LogP contribution in [0.3, 0.4) is 0 Å². The lowest BCUT2D eigenvalue weighted by molar-refractivity contribution is -0.144. The maximum atomic E-state index is 12.0. The molecule has 0 heterocycles. The molecule has 0 atom stereocenters. The highest BCUT2D eigenvalue weighted by Crippen LogP contribution is 2.07. The van der Waals surface area contributed by atoms with Gasteiger partial charge in [0.15, 0.2) is 0 Å². The molecule has 2 rings (SSSR count). The van der Waals surface area contributed by atoms with Crippen LogP contribution < -0.4 is 5.32 Å². The van der Waals surface area contributed by atoms with Crippen LogP contribution in [0.1, 0.15) is 27.9 Å². The highest BCUT2D eigenvalue weighted by atomic mass is 35.5. The average molecular weight is 332 g/mol. The number of esters is 1. The number of nitrogens with one attached hydrogen (secondary N) is 1. The summed E-state index contributed by atoms with van der Waals surface area (Å²) in [6, 6.07) is 16.5. The zero-order valence-corrected chi connectivity index (χ0v) is 13.4. The molecule has 2 aromatic carbocycles. The summed E-state index contributed by atoms with van der Waals surface area (Å²) in [5.74, 6) is -0.219. The third kappa shape index (κ3) is 5.75. The first-order valence-electron chi connectivity index (χ1n) is 7.31. The summed E-state index contributed by atoms with van der Waals surface area (Å²) in [6.45, 7) is 0.475. The van der Waals surface area contributed by atoms with Crippen molar-refractivity contribution in [3.05, 3.63) is 71.3 Å². The van der Waals surface area contributed by atoms with Crippen LogP contribution in [0.5, 0.6) is 0 Å². The van der Waals surface area contributed by atoms with Gasteiger partial charge in [0.2, 0.25) is 0 Å². The first-order chi connectivity index (χ1) is 11.2. The van der Waals surface area contributed by atoms with Gasteiger partial charge in [0.05, 0.1) is 6.42 Å². The molecule has 0 spiro atoms. The number of carbonyl (C=O) groups excluding carboxylic acids is 2. The molecular weight excluding hydrogens is 314 g/mol. The minimum Gasteiger partial charge on any atom is -0.461 e. The molecule has 0 fully saturated rings. The molecule has 5 heteroatoms. The summed E-state index contributed by atoms with van der Waals surface area (Å²) in [7, 11) is 0. The predicted octanol–water partition coefficient (Wildman–Crippen LogP) is 3.29. The van der Waals surface area contributed by atoms with Crippen LogP contribution in [0.15, 0.2) is 54.6 Å².